The van der Waals surface area contributed by atoms with Crippen LogP contribution in [0, 0.1) is 0 Å². The summed E-state index contributed by atoms with van der Waals surface area (Å²) in [7, 11) is 0. The second kappa shape index (κ2) is 10.2. The first-order chi connectivity index (χ1) is 26.1. The van der Waals surface area contributed by atoms with E-state index in [1.807, 2.05) is 0 Å². The van der Waals surface area contributed by atoms with Gasteiger partial charge in [0.2, 0.25) is 0 Å². The standard InChI is InChI=1S/C51H34N2/c1-51(2)44-20-10-7-17-38(44)39-26-24-32(30-45(39)51)52(31-23-25-37-35-15-4-3-13-33(35)34-14-5-6-16-36(34)43(37)29-31)48-28-27-41-40-18-8-11-21-46(40)53-47-22-12-9-19-42(47)49(48)50(41)53/h3-30H,1-2H3. The highest BCUT2D eigenvalue weighted by atomic mass is 15.1. The Balaban J connectivity index is 1.21. The maximum absolute atomic E-state index is 2.53. The van der Waals surface area contributed by atoms with E-state index in [2.05, 4.69) is 193 Å². The van der Waals surface area contributed by atoms with Gasteiger partial charge in [-0.15, -0.1) is 0 Å². The monoisotopic (exact) mass is 674 g/mol. The van der Waals surface area contributed by atoms with Crippen LogP contribution >= 0.6 is 0 Å². The summed E-state index contributed by atoms with van der Waals surface area (Å²) in [5, 5.41) is 12.8. The first-order valence-electron chi connectivity index (χ1n) is 18.6. The molecule has 0 bridgehead atoms. The quantitative estimate of drug-likeness (QED) is 0.169. The highest BCUT2D eigenvalue weighted by molar-refractivity contribution is 6.28. The van der Waals surface area contributed by atoms with Crippen molar-refractivity contribution in [3.63, 3.8) is 0 Å². The van der Waals surface area contributed by atoms with Crippen molar-refractivity contribution in [3.8, 4) is 11.1 Å². The number of para-hydroxylation sites is 2. The normalized spacial score (nSPS) is 13.6. The summed E-state index contributed by atoms with van der Waals surface area (Å²) in [5.74, 6) is 0. The molecule has 0 amide bonds. The van der Waals surface area contributed by atoms with Gasteiger partial charge in [0.25, 0.3) is 0 Å². The Morgan fingerprint density at radius 3 is 1.64 bits per heavy atom. The third kappa shape index (κ3) is 3.72. The van der Waals surface area contributed by atoms with Gasteiger partial charge in [-0.2, -0.15) is 0 Å². The summed E-state index contributed by atoms with van der Waals surface area (Å²) in [6.45, 7) is 4.75. The van der Waals surface area contributed by atoms with Crippen LogP contribution in [0.15, 0.2) is 170 Å². The fraction of sp³-hybridized carbons (Fsp3) is 0.0588. The summed E-state index contributed by atoms with van der Waals surface area (Å²) in [6.07, 6.45) is 0. The zero-order valence-corrected chi connectivity index (χ0v) is 29.6. The largest absolute Gasteiger partial charge is 0.310 e. The summed E-state index contributed by atoms with van der Waals surface area (Å²) in [5.41, 5.74) is 12.6. The Kier molecular flexibility index (Phi) is 5.60. The molecular weight excluding hydrogens is 641 g/mol. The highest BCUT2D eigenvalue weighted by Crippen LogP contribution is 2.52. The number of anilines is 3. The third-order valence-electron chi connectivity index (χ3n) is 12.3. The van der Waals surface area contributed by atoms with Gasteiger partial charge < -0.3 is 9.30 Å². The van der Waals surface area contributed by atoms with Gasteiger partial charge in [0, 0.05) is 38.3 Å². The number of fused-ring (bicyclic) bond motifs is 15. The van der Waals surface area contributed by atoms with Gasteiger partial charge in [-0.25, -0.2) is 0 Å². The van der Waals surface area contributed by atoms with Crippen molar-refractivity contribution in [3.05, 3.63) is 181 Å². The Bertz CT molecular complexity index is 3290. The van der Waals surface area contributed by atoms with E-state index in [0.717, 1.165) is 11.4 Å². The number of hydrogen-bond donors (Lipinski definition) is 0. The number of rotatable bonds is 3. The molecule has 0 radical (unpaired) electrons. The van der Waals surface area contributed by atoms with Crippen molar-refractivity contribution in [2.45, 2.75) is 19.3 Å². The van der Waals surface area contributed by atoms with Crippen molar-refractivity contribution in [1.82, 2.24) is 4.40 Å². The van der Waals surface area contributed by atoms with Crippen LogP contribution in [-0.2, 0) is 5.41 Å². The molecule has 0 unspecified atom stereocenters. The van der Waals surface area contributed by atoms with Crippen LogP contribution in [0.5, 0.6) is 0 Å². The maximum Gasteiger partial charge on any atom is 0.0641 e. The minimum atomic E-state index is -0.119. The number of benzene rings is 9. The van der Waals surface area contributed by atoms with E-state index in [1.165, 1.54) is 98.4 Å². The molecule has 53 heavy (non-hydrogen) atoms. The molecular formula is C51H34N2. The first-order valence-corrected chi connectivity index (χ1v) is 18.6. The predicted molar refractivity (Wildman–Crippen MR) is 226 cm³/mol. The highest BCUT2D eigenvalue weighted by Gasteiger charge is 2.36. The average molecular weight is 675 g/mol. The van der Waals surface area contributed by atoms with E-state index < -0.39 is 0 Å². The van der Waals surface area contributed by atoms with E-state index in [1.54, 1.807) is 0 Å². The van der Waals surface area contributed by atoms with E-state index in [9.17, 15) is 0 Å². The Morgan fingerprint density at radius 1 is 0.396 bits per heavy atom. The molecule has 2 nitrogen and oxygen atoms in total. The third-order valence-corrected chi connectivity index (χ3v) is 12.3. The lowest BCUT2D eigenvalue weighted by atomic mass is 9.82. The van der Waals surface area contributed by atoms with Crippen molar-refractivity contribution >= 4 is 87.5 Å². The lowest BCUT2D eigenvalue weighted by Crippen LogP contribution is -2.16. The van der Waals surface area contributed by atoms with Crippen LogP contribution in [0.3, 0.4) is 0 Å². The topological polar surface area (TPSA) is 7.65 Å². The molecule has 12 rings (SSSR count). The lowest BCUT2D eigenvalue weighted by Gasteiger charge is -2.29. The summed E-state index contributed by atoms with van der Waals surface area (Å²) in [4.78, 5) is 2.53. The molecule has 9 aromatic carbocycles. The lowest BCUT2D eigenvalue weighted by molar-refractivity contribution is 0.660. The smallest absolute Gasteiger partial charge is 0.0641 e. The van der Waals surface area contributed by atoms with Crippen LogP contribution < -0.4 is 4.90 Å². The molecule has 0 N–H and O–H groups in total. The number of hydrogen-bond acceptors (Lipinski definition) is 1. The summed E-state index contributed by atoms with van der Waals surface area (Å²) in [6, 6.07) is 63.4. The van der Waals surface area contributed by atoms with Crippen molar-refractivity contribution in [2.24, 2.45) is 0 Å². The minimum absolute atomic E-state index is 0.119. The second-order valence-corrected chi connectivity index (χ2v) is 15.3. The number of nitrogens with zero attached hydrogens (tertiary/aromatic N) is 2. The van der Waals surface area contributed by atoms with Crippen molar-refractivity contribution in [2.75, 3.05) is 4.90 Å². The van der Waals surface area contributed by atoms with Gasteiger partial charge in [-0.1, -0.05) is 141 Å². The molecule has 0 atom stereocenters. The maximum atomic E-state index is 2.53. The molecule has 2 heteroatoms. The molecule has 2 aromatic heterocycles. The average Bonchev–Trinajstić information content (AvgIpc) is 3.81. The van der Waals surface area contributed by atoms with Crippen LogP contribution in [0.2, 0.25) is 0 Å². The van der Waals surface area contributed by atoms with Crippen LogP contribution in [0.4, 0.5) is 17.1 Å². The predicted octanol–water partition coefficient (Wildman–Crippen LogP) is 14.1. The summed E-state index contributed by atoms with van der Waals surface area (Å²) < 4.78 is 2.49. The summed E-state index contributed by atoms with van der Waals surface area (Å²) >= 11 is 0. The molecule has 0 aliphatic heterocycles. The van der Waals surface area contributed by atoms with Crippen LogP contribution in [0.1, 0.15) is 25.0 Å². The fourth-order valence-corrected chi connectivity index (χ4v) is 9.92. The van der Waals surface area contributed by atoms with Crippen LogP contribution in [0.25, 0.3) is 81.5 Å². The Labute approximate surface area is 307 Å². The fourth-order valence-electron chi connectivity index (χ4n) is 9.92. The molecule has 0 saturated carbocycles. The molecule has 11 aromatic rings. The van der Waals surface area contributed by atoms with E-state index in [-0.39, 0.29) is 5.41 Å². The molecule has 2 heterocycles. The first kappa shape index (κ1) is 29.0. The Hall–Kier alpha value is -6.64. The number of aromatic nitrogens is 1. The van der Waals surface area contributed by atoms with Gasteiger partial charge in [-0.3, -0.25) is 0 Å². The minimum Gasteiger partial charge on any atom is -0.310 e. The van der Waals surface area contributed by atoms with Crippen molar-refractivity contribution in [1.29, 1.82) is 0 Å². The molecule has 1 aliphatic rings. The van der Waals surface area contributed by atoms with Crippen molar-refractivity contribution < 1.29 is 0 Å². The zero-order chi connectivity index (χ0) is 35.0. The van der Waals surface area contributed by atoms with Gasteiger partial charge in [0.05, 0.1) is 22.2 Å². The molecule has 248 valence electrons. The van der Waals surface area contributed by atoms with Gasteiger partial charge in [0.1, 0.15) is 0 Å². The SMILES string of the molecule is CC1(C)c2ccccc2-c2ccc(N(c3ccc4c5ccccc5c5ccccc5c4c3)c3ccc4c5ccccc5n5c6ccccc6c3c45)cc21. The van der Waals surface area contributed by atoms with Gasteiger partial charge in [-0.05, 0) is 97.0 Å². The van der Waals surface area contributed by atoms with Crippen LogP contribution in [-0.4, -0.2) is 4.40 Å². The Morgan fingerprint density at radius 2 is 0.906 bits per heavy atom. The molecule has 0 fully saturated rings. The van der Waals surface area contributed by atoms with E-state index in [0.29, 0.717) is 0 Å². The molecule has 0 saturated heterocycles. The molecule has 1 aliphatic carbocycles. The zero-order valence-electron chi connectivity index (χ0n) is 29.6. The second-order valence-electron chi connectivity index (χ2n) is 15.3. The van der Waals surface area contributed by atoms with E-state index >= 15 is 0 Å². The van der Waals surface area contributed by atoms with E-state index in [4.69, 9.17) is 0 Å². The van der Waals surface area contributed by atoms with Gasteiger partial charge in [0.15, 0.2) is 0 Å². The van der Waals surface area contributed by atoms with Gasteiger partial charge >= 0.3 is 0 Å². The molecule has 0 spiro atoms.